The number of methoxy groups -OCH3 is 2. The minimum Gasteiger partial charge on any atom is -0.493 e. The van der Waals surface area contributed by atoms with Crippen molar-refractivity contribution in [1.29, 1.82) is 0 Å². The fraction of sp³-hybridized carbons (Fsp3) is 0.250. The molecule has 0 atom stereocenters. The molecule has 4 nitrogen and oxygen atoms in total. The van der Waals surface area contributed by atoms with Gasteiger partial charge in [-0.3, -0.25) is 0 Å². The van der Waals surface area contributed by atoms with Crippen molar-refractivity contribution in [3.05, 3.63) is 18.2 Å². The molecule has 0 unspecified atom stereocenters. The number of thiol groups is 1. The monoisotopic (exact) mass is 202 g/mol. The van der Waals surface area contributed by atoms with Crippen molar-refractivity contribution in [3.63, 3.8) is 0 Å². The van der Waals surface area contributed by atoms with Crippen LogP contribution in [0.3, 0.4) is 0 Å². The molecule has 1 aromatic carbocycles. The van der Waals surface area contributed by atoms with Crippen LogP contribution in [0, 0.1) is 0 Å². The highest BCUT2D eigenvalue weighted by molar-refractivity contribution is 7.60. The molecule has 0 aromatic heterocycles. The number of rotatable bonds is 4. The number of benzene rings is 1. The quantitative estimate of drug-likeness (QED) is 0.738. The second-order valence-electron chi connectivity index (χ2n) is 2.18. The minimum absolute atomic E-state index is 0.387. The Hall–Kier alpha value is -1.23. The lowest BCUT2D eigenvalue weighted by Gasteiger charge is -2.07. The molecule has 0 aliphatic heterocycles. The molecule has 0 heterocycles. The van der Waals surface area contributed by atoms with E-state index in [1.165, 1.54) is 7.11 Å². The van der Waals surface area contributed by atoms with E-state index >= 15 is 0 Å². The summed E-state index contributed by atoms with van der Waals surface area (Å²) in [5.74, 6) is 1.62. The Kier molecular flexibility index (Phi) is 3.57. The average molecular weight is 202 g/mol. The summed E-state index contributed by atoms with van der Waals surface area (Å²) in [5.41, 5.74) is 0. The molecule has 1 rings (SSSR count). The predicted molar refractivity (Wildman–Crippen MR) is 49.7 cm³/mol. The first-order valence-electron chi connectivity index (χ1n) is 3.53. The van der Waals surface area contributed by atoms with Gasteiger partial charge < -0.3 is 13.7 Å². The van der Waals surface area contributed by atoms with E-state index in [4.69, 9.17) is 13.7 Å². The van der Waals surface area contributed by atoms with E-state index in [1.54, 1.807) is 25.3 Å². The molecule has 0 spiro atoms. The fourth-order valence-electron chi connectivity index (χ4n) is 0.916. The van der Waals surface area contributed by atoms with Crippen molar-refractivity contribution in [1.82, 2.24) is 0 Å². The molecule has 0 radical (unpaired) electrons. The largest absolute Gasteiger partial charge is 0.493 e. The number of hydrogen-bond acceptors (Lipinski definition) is 4. The topological polar surface area (TPSA) is 44.8 Å². The number of hydrogen-bond donors (Lipinski definition) is 1. The van der Waals surface area contributed by atoms with Gasteiger partial charge in [0.05, 0.1) is 14.2 Å². The van der Waals surface area contributed by atoms with Gasteiger partial charge in [-0.15, -0.1) is 0 Å². The van der Waals surface area contributed by atoms with E-state index in [-0.39, 0.29) is 11.9 Å². The maximum atomic E-state index is 10.1. The van der Waals surface area contributed by atoms with Gasteiger partial charge in [-0.1, -0.05) is 0 Å². The molecular weight excluding hydrogens is 192 g/mol. The predicted octanol–water partition coefficient (Wildman–Crippen LogP) is 0.943. The summed E-state index contributed by atoms with van der Waals surface area (Å²) >= 11 is -0.387. The Morgan fingerprint density at radius 2 is 1.85 bits per heavy atom. The lowest BCUT2D eigenvalue weighted by molar-refractivity contribution is 0.353. The molecule has 0 saturated carbocycles. The molecule has 13 heavy (non-hydrogen) atoms. The van der Waals surface area contributed by atoms with Crippen LogP contribution < -0.4 is 13.7 Å². The Morgan fingerprint density at radius 3 is 2.38 bits per heavy atom. The molecule has 72 valence electrons. The highest BCUT2D eigenvalue weighted by Crippen LogP contribution is 2.30. The normalized spacial score (nSPS) is 9.38. The molecular formula is C8H10O4S. The zero-order chi connectivity index (χ0) is 9.68. The Bertz CT molecular complexity index is 300. The lowest BCUT2D eigenvalue weighted by Crippen LogP contribution is -1.91. The summed E-state index contributed by atoms with van der Waals surface area (Å²) in [7, 11) is 3.07. The van der Waals surface area contributed by atoms with Crippen molar-refractivity contribution in [2.24, 2.45) is 0 Å². The van der Waals surface area contributed by atoms with Crippen molar-refractivity contribution in [2.45, 2.75) is 0 Å². The summed E-state index contributed by atoms with van der Waals surface area (Å²) in [6.07, 6.45) is 0. The molecule has 5 heteroatoms. The van der Waals surface area contributed by atoms with Crippen molar-refractivity contribution in [3.8, 4) is 17.2 Å². The molecule has 0 fully saturated rings. The van der Waals surface area contributed by atoms with Gasteiger partial charge in [0.25, 0.3) is 0 Å². The molecule has 0 N–H and O–H groups in total. The van der Waals surface area contributed by atoms with Gasteiger partial charge in [0.1, 0.15) is 5.75 Å². The van der Waals surface area contributed by atoms with Crippen LogP contribution in [-0.4, -0.2) is 18.4 Å². The van der Waals surface area contributed by atoms with Crippen LogP contribution in [-0.2, 0) is 11.9 Å². The zero-order valence-electron chi connectivity index (χ0n) is 7.31. The second kappa shape index (κ2) is 4.71. The van der Waals surface area contributed by atoms with Crippen molar-refractivity contribution in [2.75, 3.05) is 14.2 Å². The summed E-state index contributed by atoms with van der Waals surface area (Å²) < 4.78 is 24.9. The third-order valence-corrected chi connectivity index (χ3v) is 1.78. The van der Waals surface area contributed by atoms with E-state index in [2.05, 4.69) is 0 Å². The van der Waals surface area contributed by atoms with Gasteiger partial charge in [0.15, 0.2) is 23.4 Å². The fourth-order valence-corrected chi connectivity index (χ4v) is 1.12. The van der Waals surface area contributed by atoms with Gasteiger partial charge >= 0.3 is 0 Å². The SMILES string of the molecule is COc1ccc(O[SH]=O)cc1OC. The van der Waals surface area contributed by atoms with Gasteiger partial charge in [0, 0.05) is 6.07 Å². The Balaban J connectivity index is 2.98. The molecule has 0 aliphatic rings. The van der Waals surface area contributed by atoms with Crippen LogP contribution >= 0.6 is 0 Å². The third kappa shape index (κ3) is 2.35. The third-order valence-electron chi connectivity index (χ3n) is 1.50. The van der Waals surface area contributed by atoms with E-state index in [9.17, 15) is 4.21 Å². The van der Waals surface area contributed by atoms with E-state index in [1.807, 2.05) is 0 Å². The maximum Gasteiger partial charge on any atom is 0.193 e. The first kappa shape index (κ1) is 9.85. The van der Waals surface area contributed by atoms with Gasteiger partial charge in [-0.2, -0.15) is 0 Å². The smallest absolute Gasteiger partial charge is 0.193 e. The van der Waals surface area contributed by atoms with Crippen molar-refractivity contribution >= 4 is 11.9 Å². The Morgan fingerprint density at radius 1 is 1.15 bits per heavy atom. The van der Waals surface area contributed by atoms with Crippen LogP contribution in [0.2, 0.25) is 0 Å². The van der Waals surface area contributed by atoms with Crippen LogP contribution in [0.25, 0.3) is 0 Å². The summed E-state index contributed by atoms with van der Waals surface area (Å²) in [4.78, 5) is 0. The standard InChI is InChI=1S/C8H10O4S/c1-10-7-4-3-6(12-13-9)5-8(7)11-2/h3-5,13H,1-2H3. The minimum atomic E-state index is -0.387. The van der Waals surface area contributed by atoms with Gasteiger partial charge in [0.2, 0.25) is 0 Å². The molecule has 1 aromatic rings. The summed E-state index contributed by atoms with van der Waals surface area (Å²) in [5, 5.41) is 0. The maximum absolute atomic E-state index is 10.1. The average Bonchev–Trinajstić information content (AvgIpc) is 2.18. The zero-order valence-corrected chi connectivity index (χ0v) is 8.21. The molecule has 0 amide bonds. The molecule has 0 aliphatic carbocycles. The highest BCUT2D eigenvalue weighted by Gasteiger charge is 2.04. The molecule has 0 bridgehead atoms. The highest BCUT2D eigenvalue weighted by atomic mass is 32.2. The summed E-state index contributed by atoms with van der Waals surface area (Å²) in [6, 6.07) is 4.93. The van der Waals surface area contributed by atoms with Crippen molar-refractivity contribution < 1.29 is 17.9 Å². The first-order valence-corrected chi connectivity index (χ1v) is 4.26. The van der Waals surface area contributed by atoms with Crippen LogP contribution in [0.5, 0.6) is 17.2 Å². The van der Waals surface area contributed by atoms with Gasteiger partial charge in [-0.05, 0) is 12.1 Å². The van der Waals surface area contributed by atoms with Crippen LogP contribution in [0.4, 0.5) is 0 Å². The lowest BCUT2D eigenvalue weighted by atomic mass is 10.3. The van der Waals surface area contributed by atoms with Gasteiger partial charge in [-0.25, -0.2) is 4.21 Å². The van der Waals surface area contributed by atoms with E-state index in [0.29, 0.717) is 17.2 Å². The summed E-state index contributed by atoms with van der Waals surface area (Å²) in [6.45, 7) is 0. The second-order valence-corrected chi connectivity index (χ2v) is 2.51. The van der Waals surface area contributed by atoms with Crippen LogP contribution in [0.1, 0.15) is 0 Å². The van der Waals surface area contributed by atoms with E-state index < -0.39 is 0 Å². The van der Waals surface area contributed by atoms with E-state index in [0.717, 1.165) is 0 Å². The Labute approximate surface area is 80.1 Å². The first-order chi connectivity index (χ1) is 6.31. The number of ether oxygens (including phenoxy) is 2. The molecule has 0 saturated heterocycles. The van der Waals surface area contributed by atoms with Crippen LogP contribution in [0.15, 0.2) is 18.2 Å².